The van der Waals surface area contributed by atoms with Gasteiger partial charge in [0.15, 0.2) is 0 Å². The van der Waals surface area contributed by atoms with Crippen molar-refractivity contribution in [2.45, 2.75) is 34.6 Å². The van der Waals surface area contributed by atoms with E-state index in [9.17, 15) is 14.9 Å². The zero-order valence-electron chi connectivity index (χ0n) is 22.8. The van der Waals surface area contributed by atoms with Gasteiger partial charge < -0.3 is 4.57 Å². The van der Waals surface area contributed by atoms with E-state index in [1.54, 1.807) is 12.1 Å². The summed E-state index contributed by atoms with van der Waals surface area (Å²) in [5.41, 5.74) is 8.31. The van der Waals surface area contributed by atoms with Crippen LogP contribution in [0.4, 0.5) is 5.69 Å². The Hall–Kier alpha value is -4.95. The van der Waals surface area contributed by atoms with E-state index in [-0.39, 0.29) is 11.8 Å². The third-order valence-electron chi connectivity index (χ3n) is 6.80. The van der Waals surface area contributed by atoms with Crippen LogP contribution >= 0.6 is 0 Å². The number of carbonyl (C=O) groups excluding carboxylic acids is 2. The highest BCUT2D eigenvalue weighted by molar-refractivity contribution is 6.36. The number of rotatable bonds is 2. The lowest BCUT2D eigenvalue weighted by Gasteiger charge is -2.20. The van der Waals surface area contributed by atoms with E-state index in [1.807, 2.05) is 99.8 Å². The molecule has 39 heavy (non-hydrogen) atoms. The zero-order chi connectivity index (χ0) is 28.0. The first-order valence-electron chi connectivity index (χ1n) is 12.8. The Morgan fingerprint density at radius 2 is 1.44 bits per heavy atom. The standard InChI is InChI=1S/C30H21N3O2.C4H8/c1-17-13-18(2)28(19(3)14-17)33-29(34)23-8-6-10-25(27(23)30(33)35)32-24-9-5-4-7-21(24)22-12-11-20(16-31)15-26(22)32;1-4(2)3/h4-15H,1-3H3;1H2,2-3H3. The van der Waals surface area contributed by atoms with E-state index in [2.05, 4.69) is 12.6 Å². The molecule has 0 saturated heterocycles. The molecular weight excluding hydrogens is 482 g/mol. The zero-order valence-corrected chi connectivity index (χ0v) is 22.8. The second-order valence-electron chi connectivity index (χ2n) is 10.3. The molecule has 0 fully saturated rings. The van der Waals surface area contributed by atoms with Crippen molar-refractivity contribution in [1.82, 2.24) is 4.57 Å². The molecule has 0 spiro atoms. The van der Waals surface area contributed by atoms with Crippen molar-refractivity contribution < 1.29 is 9.59 Å². The van der Waals surface area contributed by atoms with Gasteiger partial charge in [-0.3, -0.25) is 9.59 Å². The molecule has 0 aliphatic carbocycles. The Kier molecular flexibility index (Phi) is 6.41. The molecule has 5 aromatic rings. The largest absolute Gasteiger partial charge is 0.308 e. The van der Waals surface area contributed by atoms with Crippen LogP contribution in [0, 0.1) is 32.1 Å². The molecule has 0 radical (unpaired) electrons. The van der Waals surface area contributed by atoms with E-state index in [0.29, 0.717) is 28.1 Å². The number of para-hydroxylation sites is 1. The van der Waals surface area contributed by atoms with Gasteiger partial charge in [-0.05, 0) is 76.1 Å². The fourth-order valence-corrected chi connectivity index (χ4v) is 5.48. The summed E-state index contributed by atoms with van der Waals surface area (Å²) in [6, 6.07) is 25.1. The molecule has 5 heteroatoms. The number of aryl methyl sites for hydroxylation is 3. The van der Waals surface area contributed by atoms with E-state index in [0.717, 1.165) is 38.5 Å². The molecule has 0 bridgehead atoms. The number of benzene rings is 4. The number of imide groups is 1. The minimum atomic E-state index is -0.335. The average molecular weight is 512 g/mol. The van der Waals surface area contributed by atoms with Crippen LogP contribution in [-0.2, 0) is 0 Å². The highest BCUT2D eigenvalue weighted by Gasteiger charge is 2.40. The fraction of sp³-hybridized carbons (Fsp3) is 0.147. The van der Waals surface area contributed by atoms with Gasteiger partial charge in [0.05, 0.1) is 45.2 Å². The number of carbonyl (C=O) groups is 2. The van der Waals surface area contributed by atoms with Crippen molar-refractivity contribution in [2.24, 2.45) is 0 Å². The highest BCUT2D eigenvalue weighted by Crippen LogP contribution is 2.39. The summed E-state index contributed by atoms with van der Waals surface area (Å²) >= 11 is 0. The van der Waals surface area contributed by atoms with Crippen LogP contribution in [-0.4, -0.2) is 16.4 Å². The van der Waals surface area contributed by atoms with Gasteiger partial charge in [-0.2, -0.15) is 5.26 Å². The molecule has 1 aliphatic rings. The monoisotopic (exact) mass is 511 g/mol. The number of nitrogens with zero attached hydrogens (tertiary/aromatic N) is 3. The molecule has 6 rings (SSSR count). The third-order valence-corrected chi connectivity index (χ3v) is 6.80. The van der Waals surface area contributed by atoms with Crippen LogP contribution in [0.2, 0.25) is 0 Å². The van der Waals surface area contributed by atoms with Gasteiger partial charge in [-0.25, -0.2) is 4.90 Å². The van der Waals surface area contributed by atoms with Gasteiger partial charge in [0.2, 0.25) is 0 Å². The predicted octanol–water partition coefficient (Wildman–Crippen LogP) is 7.96. The molecule has 0 unspecified atom stereocenters. The average Bonchev–Trinajstić information content (AvgIpc) is 3.35. The van der Waals surface area contributed by atoms with Crippen molar-refractivity contribution in [3.8, 4) is 11.8 Å². The second-order valence-corrected chi connectivity index (χ2v) is 10.3. The Balaban J connectivity index is 0.000000723. The lowest BCUT2D eigenvalue weighted by Crippen LogP contribution is -2.31. The summed E-state index contributed by atoms with van der Waals surface area (Å²) in [5, 5.41) is 11.5. The van der Waals surface area contributed by atoms with Crippen LogP contribution in [0.25, 0.3) is 27.5 Å². The van der Waals surface area contributed by atoms with Crippen molar-refractivity contribution >= 4 is 39.3 Å². The van der Waals surface area contributed by atoms with Crippen LogP contribution in [0.15, 0.2) is 84.9 Å². The molecule has 0 N–H and O–H groups in total. The van der Waals surface area contributed by atoms with Crippen LogP contribution in [0.5, 0.6) is 0 Å². The second kappa shape index (κ2) is 9.74. The molecule has 1 aliphatic heterocycles. The van der Waals surface area contributed by atoms with Gasteiger partial charge >= 0.3 is 0 Å². The van der Waals surface area contributed by atoms with Crippen molar-refractivity contribution in [3.63, 3.8) is 0 Å². The molecule has 192 valence electrons. The maximum absolute atomic E-state index is 13.9. The van der Waals surface area contributed by atoms with E-state index in [1.165, 1.54) is 10.5 Å². The van der Waals surface area contributed by atoms with E-state index < -0.39 is 0 Å². The van der Waals surface area contributed by atoms with E-state index in [4.69, 9.17) is 0 Å². The quantitative estimate of drug-likeness (QED) is 0.178. The molecule has 0 saturated carbocycles. The van der Waals surface area contributed by atoms with Gasteiger partial charge in [0, 0.05) is 10.8 Å². The normalized spacial score (nSPS) is 12.4. The van der Waals surface area contributed by atoms with Crippen LogP contribution < -0.4 is 4.90 Å². The summed E-state index contributed by atoms with van der Waals surface area (Å²) in [4.78, 5) is 28.9. The summed E-state index contributed by atoms with van der Waals surface area (Å²) in [6.45, 7) is 13.4. The first kappa shape index (κ1) is 25.7. The van der Waals surface area contributed by atoms with Gasteiger partial charge in [-0.15, -0.1) is 6.58 Å². The molecular formula is C34H29N3O2. The Morgan fingerprint density at radius 3 is 2.10 bits per heavy atom. The van der Waals surface area contributed by atoms with Crippen LogP contribution in [0.1, 0.15) is 56.8 Å². The number of hydrogen-bond acceptors (Lipinski definition) is 3. The predicted molar refractivity (Wildman–Crippen MR) is 158 cm³/mol. The summed E-state index contributed by atoms with van der Waals surface area (Å²) < 4.78 is 1.99. The third kappa shape index (κ3) is 4.20. The van der Waals surface area contributed by atoms with Gasteiger partial charge in [0.1, 0.15) is 0 Å². The first-order chi connectivity index (χ1) is 18.6. The van der Waals surface area contributed by atoms with Crippen molar-refractivity contribution in [2.75, 3.05) is 4.90 Å². The maximum Gasteiger partial charge on any atom is 0.268 e. The van der Waals surface area contributed by atoms with Crippen molar-refractivity contribution in [1.29, 1.82) is 5.26 Å². The Labute approximate surface area is 228 Å². The minimum absolute atomic E-state index is 0.319. The fourth-order valence-electron chi connectivity index (χ4n) is 5.48. The summed E-state index contributed by atoms with van der Waals surface area (Å²) in [6.07, 6.45) is 0. The summed E-state index contributed by atoms with van der Waals surface area (Å²) in [7, 11) is 0. The molecule has 4 aromatic carbocycles. The highest BCUT2D eigenvalue weighted by atomic mass is 16.2. The SMILES string of the molecule is C=C(C)C.Cc1cc(C)c(N2C(=O)c3cccc(-n4c5ccccc5c5ccc(C#N)cc54)c3C2=O)c(C)c1. The lowest BCUT2D eigenvalue weighted by molar-refractivity contribution is 0.0925. The minimum Gasteiger partial charge on any atom is -0.308 e. The summed E-state index contributed by atoms with van der Waals surface area (Å²) in [5.74, 6) is -0.654. The molecule has 2 heterocycles. The number of amides is 2. The molecule has 5 nitrogen and oxygen atoms in total. The first-order valence-corrected chi connectivity index (χ1v) is 12.8. The van der Waals surface area contributed by atoms with Crippen molar-refractivity contribution in [3.05, 3.63) is 118 Å². The van der Waals surface area contributed by atoms with Crippen LogP contribution in [0.3, 0.4) is 0 Å². The smallest absolute Gasteiger partial charge is 0.268 e. The number of aromatic nitrogens is 1. The van der Waals surface area contributed by atoms with E-state index >= 15 is 0 Å². The van der Waals surface area contributed by atoms with Gasteiger partial charge in [0.25, 0.3) is 11.8 Å². The number of hydrogen-bond donors (Lipinski definition) is 0. The Bertz CT molecular complexity index is 1860. The number of anilines is 1. The molecule has 1 aromatic heterocycles. The topological polar surface area (TPSA) is 66.1 Å². The number of fused-ring (bicyclic) bond motifs is 4. The molecule has 0 atom stereocenters. The Morgan fingerprint density at radius 1 is 0.795 bits per heavy atom. The molecule has 2 amide bonds. The maximum atomic E-state index is 13.9. The lowest BCUT2D eigenvalue weighted by atomic mass is 10.0. The number of allylic oxidation sites excluding steroid dienone is 1. The van der Waals surface area contributed by atoms with Gasteiger partial charge in [-0.1, -0.05) is 53.6 Å². The number of nitriles is 1.